The van der Waals surface area contributed by atoms with E-state index in [2.05, 4.69) is 0 Å². The smallest absolute Gasteiger partial charge is 0.274 e. The second-order valence-corrected chi connectivity index (χ2v) is 48.2. The molecule has 0 radical (unpaired) electrons. The molecule has 12 heavy (non-hydrogen) atoms. The zero-order chi connectivity index (χ0) is 9.62. The molecular formula is H6F6Si6. The molecule has 0 saturated carbocycles. The maximum Gasteiger partial charge on any atom is 0.517 e. The summed E-state index contributed by atoms with van der Waals surface area (Å²) in [5.41, 5.74) is 0. The molecule has 0 unspecified atom stereocenters. The first-order valence-electron chi connectivity index (χ1n) is 3.34. The van der Waals surface area contributed by atoms with Crippen LogP contribution in [0.5, 0.6) is 0 Å². The van der Waals surface area contributed by atoms with Gasteiger partial charge in [-0.2, -0.15) is 0 Å². The zero-order valence-electron chi connectivity index (χ0n) is 5.89. The lowest BCUT2D eigenvalue weighted by molar-refractivity contribution is 0.563. The van der Waals surface area contributed by atoms with E-state index in [-0.39, 0.29) is 0 Å². The van der Waals surface area contributed by atoms with Crippen LogP contribution in [0, 0.1) is 0 Å². The minimum absolute atomic E-state index is 1.31. The number of halogens is 6. The summed E-state index contributed by atoms with van der Waals surface area (Å²) in [5.74, 6) is 0. The third kappa shape index (κ3) is 1.47. The molecule has 1 fully saturated rings. The van der Waals surface area contributed by atoms with Gasteiger partial charge < -0.3 is 0 Å². The van der Waals surface area contributed by atoms with Crippen molar-refractivity contribution >= 4 is 49.0 Å². The predicted molar refractivity (Wildman–Crippen MR) is 49.5 cm³/mol. The standard InChI is InChI=1S/F6H6Si6/c1-10(2)8-7-9-11(3,4)12(10,5)6/h7-9H2. The maximum absolute atomic E-state index is 12.6. The van der Waals surface area contributed by atoms with Crippen molar-refractivity contribution in [3.8, 4) is 0 Å². The summed E-state index contributed by atoms with van der Waals surface area (Å²) in [7, 11) is -22.7. The Morgan fingerprint density at radius 3 is 1.25 bits per heavy atom. The van der Waals surface area contributed by atoms with Crippen molar-refractivity contribution in [2.45, 2.75) is 0 Å². The van der Waals surface area contributed by atoms with Crippen LogP contribution in [0.2, 0.25) is 0 Å². The van der Waals surface area contributed by atoms with Crippen molar-refractivity contribution in [2.75, 3.05) is 0 Å². The van der Waals surface area contributed by atoms with E-state index in [0.29, 0.717) is 0 Å². The van der Waals surface area contributed by atoms with Crippen LogP contribution in [-0.4, -0.2) is 49.0 Å². The van der Waals surface area contributed by atoms with Gasteiger partial charge in [0.15, 0.2) is 0 Å². The van der Waals surface area contributed by atoms with Gasteiger partial charge in [0.1, 0.15) is 0 Å². The third-order valence-corrected chi connectivity index (χ3v) is 88.3. The van der Waals surface area contributed by atoms with Crippen molar-refractivity contribution in [3.05, 3.63) is 0 Å². The van der Waals surface area contributed by atoms with Crippen molar-refractivity contribution in [2.24, 2.45) is 0 Å². The monoisotopic (exact) mass is 288 g/mol. The van der Waals surface area contributed by atoms with Crippen LogP contribution in [0.3, 0.4) is 0 Å². The highest BCUT2D eigenvalue weighted by Gasteiger charge is 2.82. The average Bonchev–Trinajstić information content (AvgIpc) is 1.83. The summed E-state index contributed by atoms with van der Waals surface area (Å²) in [6.45, 7) is 0. The minimum Gasteiger partial charge on any atom is -0.274 e. The Labute approximate surface area is 74.0 Å². The van der Waals surface area contributed by atoms with Gasteiger partial charge in [0.25, 0.3) is 0 Å². The maximum atomic E-state index is 12.6. The normalized spacial score (nSPS) is 37.5. The first-order chi connectivity index (χ1) is 5.21. The minimum atomic E-state index is -6.28. The van der Waals surface area contributed by atoms with Crippen LogP contribution in [0.25, 0.3) is 0 Å². The van der Waals surface area contributed by atoms with Gasteiger partial charge in [0, 0.05) is 8.55 Å². The van der Waals surface area contributed by atoms with Crippen LogP contribution in [0.1, 0.15) is 0 Å². The van der Waals surface area contributed by atoms with Crippen molar-refractivity contribution in [1.82, 2.24) is 0 Å². The van der Waals surface area contributed by atoms with Crippen LogP contribution >= 0.6 is 0 Å². The van der Waals surface area contributed by atoms with E-state index in [1.54, 1.807) is 0 Å². The third-order valence-electron chi connectivity index (χ3n) is 1.90. The molecule has 12 heteroatoms. The Hall–Kier alpha value is 0.881. The fraction of sp³-hybridized carbons (Fsp3) is 0. The molecule has 0 aliphatic carbocycles. The Morgan fingerprint density at radius 2 is 1.00 bits per heavy atom. The Balaban J connectivity index is 2.99. The number of hydrogen-bond donors (Lipinski definition) is 0. The first kappa shape index (κ1) is 11.0. The summed E-state index contributed by atoms with van der Waals surface area (Å²) in [6, 6.07) is 0. The Kier molecular flexibility index (Phi) is 2.68. The summed E-state index contributed by atoms with van der Waals surface area (Å²) in [4.78, 5) is 0. The molecule has 0 aromatic rings. The van der Waals surface area contributed by atoms with E-state index in [4.69, 9.17) is 0 Å². The molecule has 0 N–H and O–H groups in total. The van der Waals surface area contributed by atoms with Crippen molar-refractivity contribution in [3.63, 3.8) is 0 Å². The van der Waals surface area contributed by atoms with E-state index in [1.165, 1.54) is 0 Å². The van der Waals surface area contributed by atoms with E-state index in [1.807, 2.05) is 0 Å². The first-order valence-corrected chi connectivity index (χ1v) is 23.3. The topological polar surface area (TPSA) is 0 Å². The van der Waals surface area contributed by atoms with Gasteiger partial charge in [-0.3, -0.25) is 24.6 Å². The van der Waals surface area contributed by atoms with E-state index in [0.717, 1.165) is 0 Å². The Bertz CT molecular complexity index is 166. The van der Waals surface area contributed by atoms with E-state index < -0.39 is 49.0 Å². The highest BCUT2D eigenvalue weighted by atomic mass is 30.2. The van der Waals surface area contributed by atoms with Crippen LogP contribution in [0.4, 0.5) is 24.6 Å². The van der Waals surface area contributed by atoms with E-state index in [9.17, 15) is 24.6 Å². The average molecular weight is 289 g/mol. The molecule has 1 saturated heterocycles. The van der Waals surface area contributed by atoms with Gasteiger partial charge in [-0.15, -0.1) is 0 Å². The van der Waals surface area contributed by atoms with Crippen LogP contribution in [-0.2, 0) is 0 Å². The molecule has 0 aromatic carbocycles. The van der Waals surface area contributed by atoms with Crippen molar-refractivity contribution in [1.29, 1.82) is 0 Å². The lowest BCUT2D eigenvalue weighted by Crippen LogP contribution is -2.78. The molecule has 1 aliphatic rings. The molecule has 0 atom stereocenters. The fourth-order valence-electron chi connectivity index (χ4n) is 1.11. The molecule has 0 amide bonds. The number of hydrogen-bond acceptors (Lipinski definition) is 0. The zero-order valence-corrected chi connectivity index (χ0v) is 13.1. The van der Waals surface area contributed by atoms with Gasteiger partial charge in [-0.1, -0.05) is 0 Å². The second-order valence-electron chi connectivity index (χ2n) is 2.84. The molecule has 72 valence electrons. The fourth-order valence-corrected chi connectivity index (χ4v) is 160. The van der Waals surface area contributed by atoms with Gasteiger partial charge in [0.05, 0.1) is 17.1 Å². The second kappa shape index (κ2) is 2.94. The SMILES string of the molecule is F[Si]1(F)[SiH2][SiH2][SiH2][Si](F)(F)[Si]1(F)F. The summed E-state index contributed by atoms with van der Waals surface area (Å²) >= 11 is 0. The summed E-state index contributed by atoms with van der Waals surface area (Å²) in [6.07, 6.45) is 0. The molecule has 1 heterocycles. The molecule has 0 nitrogen and oxygen atoms in total. The van der Waals surface area contributed by atoms with Gasteiger partial charge >= 0.3 is 23.3 Å². The van der Waals surface area contributed by atoms with Crippen LogP contribution in [0.15, 0.2) is 0 Å². The van der Waals surface area contributed by atoms with Gasteiger partial charge in [-0.05, 0) is 0 Å². The molecule has 0 bridgehead atoms. The lowest BCUT2D eigenvalue weighted by Gasteiger charge is -2.30. The van der Waals surface area contributed by atoms with E-state index >= 15 is 0 Å². The van der Waals surface area contributed by atoms with Crippen molar-refractivity contribution < 1.29 is 24.6 Å². The lowest BCUT2D eigenvalue weighted by atomic mass is 18.7. The quantitative estimate of drug-likeness (QED) is 0.293. The van der Waals surface area contributed by atoms with Gasteiger partial charge in [-0.25, -0.2) is 0 Å². The highest BCUT2D eigenvalue weighted by Crippen LogP contribution is 2.35. The number of rotatable bonds is 0. The van der Waals surface area contributed by atoms with Crippen LogP contribution < -0.4 is 0 Å². The Morgan fingerprint density at radius 1 is 0.667 bits per heavy atom. The summed E-state index contributed by atoms with van der Waals surface area (Å²) < 4.78 is 75.6. The van der Waals surface area contributed by atoms with Gasteiger partial charge in [0.2, 0.25) is 0 Å². The molecular weight excluding hydrogens is 283 g/mol. The molecule has 1 aliphatic heterocycles. The summed E-state index contributed by atoms with van der Waals surface area (Å²) in [5, 5.41) is 0. The largest absolute Gasteiger partial charge is 0.517 e. The molecule has 0 aromatic heterocycles. The molecule has 1 rings (SSSR count). The predicted octanol–water partition coefficient (Wildman–Crippen LogP) is -1.37. The highest BCUT2D eigenvalue weighted by molar-refractivity contribution is 7.92. The molecule has 0 spiro atoms.